The van der Waals surface area contributed by atoms with Gasteiger partial charge < -0.3 is 5.11 Å². The molecular formula is C16H17F3N2O2S. The number of halogens is 3. The zero-order chi connectivity index (χ0) is 17.9. The fraction of sp³-hybridized carbons (Fsp3) is 0.375. The first-order valence-electron chi connectivity index (χ1n) is 7.20. The molecule has 0 saturated carbocycles. The van der Waals surface area contributed by atoms with E-state index in [1.165, 1.54) is 23.5 Å². The molecule has 0 aliphatic rings. The Morgan fingerprint density at radius 1 is 1.33 bits per heavy atom. The van der Waals surface area contributed by atoms with Crippen LogP contribution < -0.4 is 0 Å². The second-order valence-electron chi connectivity index (χ2n) is 5.66. The van der Waals surface area contributed by atoms with Crippen LogP contribution in [0.5, 0.6) is 0 Å². The molecule has 0 bridgehead atoms. The van der Waals surface area contributed by atoms with Crippen molar-refractivity contribution in [2.45, 2.75) is 19.6 Å². The highest BCUT2D eigenvalue weighted by atomic mass is 32.1. The lowest BCUT2D eigenvalue weighted by Crippen LogP contribution is -2.28. The predicted molar refractivity (Wildman–Crippen MR) is 85.7 cm³/mol. The number of hydrogen-bond acceptors (Lipinski definition) is 4. The summed E-state index contributed by atoms with van der Waals surface area (Å²) in [6.07, 6.45) is -4.35. The lowest BCUT2D eigenvalue weighted by Gasteiger charge is -2.17. The number of carboxylic acids is 1. The highest BCUT2D eigenvalue weighted by molar-refractivity contribution is 7.13. The smallest absolute Gasteiger partial charge is 0.416 e. The predicted octanol–water partition coefficient (Wildman–Crippen LogP) is 3.98. The van der Waals surface area contributed by atoms with Gasteiger partial charge in [0, 0.05) is 24.0 Å². The lowest BCUT2D eigenvalue weighted by atomic mass is 10.1. The van der Waals surface area contributed by atoms with E-state index in [9.17, 15) is 18.0 Å². The van der Waals surface area contributed by atoms with E-state index in [0.717, 1.165) is 17.8 Å². The summed E-state index contributed by atoms with van der Waals surface area (Å²) in [6.45, 7) is 2.50. The molecule has 0 radical (unpaired) electrons. The molecule has 1 unspecified atom stereocenters. The number of hydrogen-bond donors (Lipinski definition) is 1. The monoisotopic (exact) mass is 358 g/mol. The second kappa shape index (κ2) is 7.31. The van der Waals surface area contributed by atoms with Crippen molar-refractivity contribution in [1.82, 2.24) is 9.88 Å². The van der Waals surface area contributed by atoms with Crippen LogP contribution in [0, 0.1) is 5.92 Å². The number of benzene rings is 1. The first-order valence-corrected chi connectivity index (χ1v) is 8.08. The highest BCUT2D eigenvalue weighted by Gasteiger charge is 2.30. The number of rotatable bonds is 6. The van der Waals surface area contributed by atoms with E-state index in [0.29, 0.717) is 23.7 Å². The van der Waals surface area contributed by atoms with Crippen LogP contribution in [0.25, 0.3) is 10.6 Å². The van der Waals surface area contributed by atoms with Crippen LogP contribution in [-0.4, -0.2) is 34.6 Å². The van der Waals surface area contributed by atoms with Gasteiger partial charge in [-0.1, -0.05) is 19.1 Å². The number of aromatic nitrogens is 1. The second-order valence-corrected chi connectivity index (χ2v) is 6.51. The van der Waals surface area contributed by atoms with Crippen molar-refractivity contribution in [3.63, 3.8) is 0 Å². The maximum absolute atomic E-state index is 12.6. The highest BCUT2D eigenvalue weighted by Crippen LogP contribution is 2.31. The van der Waals surface area contributed by atoms with E-state index in [1.807, 2.05) is 10.3 Å². The summed E-state index contributed by atoms with van der Waals surface area (Å²) >= 11 is 1.35. The molecule has 1 aromatic carbocycles. The molecule has 130 valence electrons. The van der Waals surface area contributed by atoms with Crippen molar-refractivity contribution >= 4 is 17.3 Å². The van der Waals surface area contributed by atoms with Gasteiger partial charge in [0.25, 0.3) is 0 Å². The molecule has 0 amide bonds. The Labute approximate surface area is 141 Å². The average Bonchev–Trinajstić information content (AvgIpc) is 2.94. The van der Waals surface area contributed by atoms with Gasteiger partial charge in [-0.25, -0.2) is 4.98 Å². The first kappa shape index (κ1) is 18.4. The molecule has 24 heavy (non-hydrogen) atoms. The maximum atomic E-state index is 12.6. The van der Waals surface area contributed by atoms with E-state index < -0.39 is 23.6 Å². The van der Waals surface area contributed by atoms with Crippen molar-refractivity contribution in [3.8, 4) is 10.6 Å². The Bertz CT molecular complexity index is 698. The molecule has 1 aromatic heterocycles. The van der Waals surface area contributed by atoms with Gasteiger partial charge in [0.2, 0.25) is 0 Å². The Morgan fingerprint density at radius 3 is 2.50 bits per heavy atom. The third-order valence-electron chi connectivity index (χ3n) is 3.45. The zero-order valence-electron chi connectivity index (χ0n) is 13.2. The van der Waals surface area contributed by atoms with Crippen molar-refractivity contribution in [2.24, 2.45) is 5.92 Å². The molecule has 1 atom stereocenters. The van der Waals surface area contributed by atoms with Gasteiger partial charge in [0.15, 0.2) is 0 Å². The minimum absolute atomic E-state index is 0.391. The third kappa shape index (κ3) is 4.78. The van der Waals surface area contributed by atoms with Gasteiger partial charge in [-0.15, -0.1) is 11.3 Å². The molecule has 0 aliphatic carbocycles. The number of nitrogens with zero attached hydrogens (tertiary/aromatic N) is 2. The molecule has 2 aromatic rings. The summed E-state index contributed by atoms with van der Waals surface area (Å²) < 4.78 is 37.7. The van der Waals surface area contributed by atoms with E-state index >= 15 is 0 Å². The number of aliphatic carboxylic acids is 1. The van der Waals surface area contributed by atoms with Crippen LogP contribution in [0.3, 0.4) is 0 Å². The van der Waals surface area contributed by atoms with Gasteiger partial charge in [-0.3, -0.25) is 9.69 Å². The van der Waals surface area contributed by atoms with Gasteiger partial charge in [0.1, 0.15) is 5.01 Å². The fourth-order valence-electron chi connectivity index (χ4n) is 2.20. The largest absolute Gasteiger partial charge is 0.481 e. The molecule has 0 fully saturated rings. The number of carboxylic acid groups (broad SMARTS) is 1. The average molecular weight is 358 g/mol. The standard InChI is InChI=1S/C16H17F3N2O2S/c1-10(15(22)23)7-21(2)8-13-9-24-14(20-13)11-3-5-12(6-4-11)16(17,18)19/h3-6,9-10H,7-8H2,1-2H3,(H,22,23). The summed E-state index contributed by atoms with van der Waals surface area (Å²) in [5.41, 5.74) is 0.696. The van der Waals surface area contributed by atoms with Crippen molar-refractivity contribution in [2.75, 3.05) is 13.6 Å². The van der Waals surface area contributed by atoms with Crippen LogP contribution in [0.2, 0.25) is 0 Å². The molecule has 0 aliphatic heterocycles. The Kier molecular flexibility index (Phi) is 5.61. The van der Waals surface area contributed by atoms with E-state index in [1.54, 1.807) is 14.0 Å². The summed E-state index contributed by atoms with van der Waals surface area (Å²) in [5, 5.41) is 11.4. The fourth-order valence-corrected chi connectivity index (χ4v) is 3.02. The number of alkyl halides is 3. The molecule has 4 nitrogen and oxygen atoms in total. The van der Waals surface area contributed by atoms with Crippen molar-refractivity contribution in [1.29, 1.82) is 0 Å². The van der Waals surface area contributed by atoms with Crippen LogP contribution in [-0.2, 0) is 17.5 Å². The zero-order valence-corrected chi connectivity index (χ0v) is 14.0. The van der Waals surface area contributed by atoms with Crippen molar-refractivity contribution < 1.29 is 23.1 Å². The Hall–Kier alpha value is -1.93. The summed E-state index contributed by atoms with van der Waals surface area (Å²) in [4.78, 5) is 17.1. The molecular weight excluding hydrogens is 341 g/mol. The third-order valence-corrected chi connectivity index (χ3v) is 4.39. The minimum atomic E-state index is -4.35. The van der Waals surface area contributed by atoms with Gasteiger partial charge >= 0.3 is 12.1 Å². The van der Waals surface area contributed by atoms with Crippen LogP contribution in [0.15, 0.2) is 29.6 Å². The van der Waals surface area contributed by atoms with Crippen LogP contribution in [0.1, 0.15) is 18.2 Å². The topological polar surface area (TPSA) is 53.4 Å². The summed E-state index contributed by atoms with van der Waals surface area (Å²) in [5.74, 6) is -1.34. The number of thiazole rings is 1. The Balaban J connectivity index is 2.04. The summed E-state index contributed by atoms with van der Waals surface area (Å²) in [7, 11) is 1.80. The van der Waals surface area contributed by atoms with Gasteiger partial charge in [0.05, 0.1) is 17.2 Å². The normalized spacial score (nSPS) is 13.2. The summed E-state index contributed by atoms with van der Waals surface area (Å²) in [6, 6.07) is 4.89. The van der Waals surface area contributed by atoms with Crippen molar-refractivity contribution in [3.05, 3.63) is 40.9 Å². The Morgan fingerprint density at radius 2 is 1.96 bits per heavy atom. The van der Waals surface area contributed by atoms with Gasteiger partial charge in [-0.05, 0) is 19.2 Å². The van der Waals surface area contributed by atoms with Crippen LogP contribution in [0.4, 0.5) is 13.2 Å². The van der Waals surface area contributed by atoms with Crippen LogP contribution >= 0.6 is 11.3 Å². The van der Waals surface area contributed by atoms with E-state index in [-0.39, 0.29) is 0 Å². The molecule has 1 heterocycles. The molecule has 8 heteroatoms. The maximum Gasteiger partial charge on any atom is 0.416 e. The minimum Gasteiger partial charge on any atom is -0.481 e. The quantitative estimate of drug-likeness (QED) is 0.849. The lowest BCUT2D eigenvalue weighted by molar-refractivity contribution is -0.141. The first-order chi connectivity index (χ1) is 11.2. The molecule has 1 N–H and O–H groups in total. The van der Waals surface area contributed by atoms with Gasteiger partial charge in [-0.2, -0.15) is 13.2 Å². The molecule has 0 saturated heterocycles. The number of carbonyl (C=O) groups is 1. The molecule has 2 rings (SSSR count). The SMILES string of the molecule is CC(CN(C)Cc1csc(-c2ccc(C(F)(F)F)cc2)n1)C(=O)O. The molecule has 0 spiro atoms. The van der Waals surface area contributed by atoms with E-state index in [2.05, 4.69) is 4.98 Å². The van der Waals surface area contributed by atoms with E-state index in [4.69, 9.17) is 5.11 Å².